The van der Waals surface area contributed by atoms with Gasteiger partial charge in [-0.25, -0.2) is 4.98 Å². The van der Waals surface area contributed by atoms with Crippen molar-refractivity contribution in [2.75, 3.05) is 39.3 Å². The third-order valence-electron chi connectivity index (χ3n) is 2.81. The zero-order valence-electron chi connectivity index (χ0n) is 11.5. The van der Waals surface area contributed by atoms with Crippen molar-refractivity contribution < 1.29 is 9.47 Å². The molecule has 7 heteroatoms. The highest BCUT2D eigenvalue weighted by molar-refractivity contribution is 5.46. The molecule has 2 heterocycles. The Morgan fingerprint density at radius 2 is 2.16 bits per heavy atom. The Morgan fingerprint density at radius 3 is 2.89 bits per heavy atom. The molecule has 2 aromatic heterocycles. The van der Waals surface area contributed by atoms with Crippen molar-refractivity contribution in [2.24, 2.45) is 0 Å². The summed E-state index contributed by atoms with van der Waals surface area (Å²) in [6.45, 7) is 2.07. The fraction of sp³-hybridized carbons (Fsp3) is 0.583. The van der Waals surface area contributed by atoms with E-state index in [0.717, 1.165) is 31.1 Å². The lowest BCUT2D eigenvalue weighted by Gasteiger charge is -2.20. The zero-order chi connectivity index (χ0) is 13.7. The van der Waals surface area contributed by atoms with Crippen molar-refractivity contribution in [3.63, 3.8) is 0 Å². The van der Waals surface area contributed by atoms with Gasteiger partial charge in [0.1, 0.15) is 12.1 Å². The maximum absolute atomic E-state index is 5.13. The van der Waals surface area contributed by atoms with Gasteiger partial charge >= 0.3 is 0 Å². The van der Waals surface area contributed by atoms with Gasteiger partial charge in [0.15, 0.2) is 0 Å². The van der Waals surface area contributed by atoms with Gasteiger partial charge in [-0.15, -0.1) is 0 Å². The third-order valence-corrected chi connectivity index (χ3v) is 2.81. The first-order chi connectivity index (χ1) is 9.26. The second-order valence-corrected chi connectivity index (χ2v) is 4.28. The van der Waals surface area contributed by atoms with Crippen molar-refractivity contribution >= 4 is 11.6 Å². The summed E-state index contributed by atoms with van der Waals surface area (Å²) in [5.41, 5.74) is 0.844. The molecule has 0 aromatic carbocycles. The van der Waals surface area contributed by atoms with Gasteiger partial charge in [-0.2, -0.15) is 14.6 Å². The summed E-state index contributed by atoms with van der Waals surface area (Å²) < 4.78 is 11.9. The SMILES string of the molecule is COCCCN(C)c1cc(COC)nc2ncnn12. The molecule has 0 aliphatic carbocycles. The number of nitrogens with zero attached hydrogens (tertiary/aromatic N) is 5. The Morgan fingerprint density at radius 1 is 1.32 bits per heavy atom. The van der Waals surface area contributed by atoms with E-state index < -0.39 is 0 Å². The smallest absolute Gasteiger partial charge is 0.254 e. The van der Waals surface area contributed by atoms with Crippen molar-refractivity contribution in [3.05, 3.63) is 18.1 Å². The number of aromatic nitrogens is 4. The topological polar surface area (TPSA) is 64.8 Å². The molecular formula is C12H19N5O2. The minimum absolute atomic E-state index is 0.461. The molecule has 104 valence electrons. The van der Waals surface area contributed by atoms with E-state index in [1.165, 1.54) is 6.33 Å². The summed E-state index contributed by atoms with van der Waals surface area (Å²) in [7, 11) is 5.37. The maximum Gasteiger partial charge on any atom is 0.254 e. The molecule has 2 rings (SSSR count). The number of methoxy groups -OCH3 is 2. The fourth-order valence-electron chi connectivity index (χ4n) is 1.90. The normalized spacial score (nSPS) is 11.1. The molecule has 0 unspecified atom stereocenters. The van der Waals surface area contributed by atoms with E-state index in [-0.39, 0.29) is 0 Å². The van der Waals surface area contributed by atoms with Crippen LogP contribution in [0.15, 0.2) is 12.4 Å². The minimum Gasteiger partial charge on any atom is -0.385 e. The summed E-state index contributed by atoms with van der Waals surface area (Å²) in [5.74, 6) is 1.54. The molecule has 2 aromatic rings. The molecule has 19 heavy (non-hydrogen) atoms. The highest BCUT2D eigenvalue weighted by atomic mass is 16.5. The second-order valence-electron chi connectivity index (χ2n) is 4.28. The largest absolute Gasteiger partial charge is 0.385 e. The van der Waals surface area contributed by atoms with Gasteiger partial charge in [0.05, 0.1) is 12.3 Å². The molecule has 0 N–H and O–H groups in total. The number of hydrogen-bond acceptors (Lipinski definition) is 6. The van der Waals surface area contributed by atoms with Gasteiger partial charge in [0.25, 0.3) is 5.78 Å². The van der Waals surface area contributed by atoms with Crippen LogP contribution in [-0.2, 0) is 16.1 Å². The highest BCUT2D eigenvalue weighted by Crippen LogP contribution is 2.15. The Hall–Kier alpha value is -1.73. The molecule has 0 amide bonds. The molecule has 0 aliphatic heterocycles. The van der Waals surface area contributed by atoms with Gasteiger partial charge in [-0.3, -0.25) is 0 Å². The standard InChI is InChI=1S/C12H19N5O2/c1-16(5-4-6-18-2)11-7-10(8-19-3)15-12-13-9-14-17(11)12/h7,9H,4-6,8H2,1-3H3. The summed E-state index contributed by atoms with van der Waals surface area (Å²) in [6.07, 6.45) is 2.45. The first kappa shape index (κ1) is 13.7. The molecule has 0 saturated heterocycles. The minimum atomic E-state index is 0.461. The monoisotopic (exact) mass is 265 g/mol. The molecule has 7 nitrogen and oxygen atoms in total. The van der Waals surface area contributed by atoms with Gasteiger partial charge in [-0.05, 0) is 6.42 Å². The Kier molecular flexibility index (Phi) is 4.64. The van der Waals surface area contributed by atoms with Crippen LogP contribution in [0.5, 0.6) is 0 Å². The quantitative estimate of drug-likeness (QED) is 0.688. The van der Waals surface area contributed by atoms with Crippen LogP contribution in [0.1, 0.15) is 12.1 Å². The first-order valence-corrected chi connectivity index (χ1v) is 6.15. The van der Waals surface area contributed by atoms with E-state index in [4.69, 9.17) is 9.47 Å². The molecule has 0 radical (unpaired) electrons. The van der Waals surface area contributed by atoms with Crippen molar-refractivity contribution in [3.8, 4) is 0 Å². The van der Waals surface area contributed by atoms with E-state index in [1.807, 2.05) is 13.1 Å². The van der Waals surface area contributed by atoms with Crippen molar-refractivity contribution in [1.29, 1.82) is 0 Å². The van der Waals surface area contributed by atoms with Crippen LogP contribution in [-0.4, -0.2) is 54.0 Å². The summed E-state index contributed by atoms with van der Waals surface area (Å²) in [6, 6.07) is 1.97. The van der Waals surface area contributed by atoms with E-state index in [1.54, 1.807) is 18.7 Å². The predicted molar refractivity (Wildman–Crippen MR) is 71.3 cm³/mol. The fourth-order valence-corrected chi connectivity index (χ4v) is 1.90. The second kappa shape index (κ2) is 6.44. The van der Waals surface area contributed by atoms with Crippen LogP contribution in [0.2, 0.25) is 0 Å². The number of rotatable bonds is 7. The van der Waals surface area contributed by atoms with Crippen LogP contribution in [0.25, 0.3) is 5.78 Å². The molecular weight excluding hydrogens is 246 g/mol. The van der Waals surface area contributed by atoms with E-state index in [2.05, 4.69) is 20.0 Å². The maximum atomic E-state index is 5.13. The van der Waals surface area contributed by atoms with Crippen molar-refractivity contribution in [1.82, 2.24) is 19.6 Å². The lowest BCUT2D eigenvalue weighted by Crippen LogP contribution is -2.23. The first-order valence-electron chi connectivity index (χ1n) is 6.15. The summed E-state index contributed by atoms with van der Waals surface area (Å²) in [4.78, 5) is 10.6. The lowest BCUT2D eigenvalue weighted by atomic mass is 10.3. The van der Waals surface area contributed by atoms with Crippen LogP contribution >= 0.6 is 0 Å². The number of hydrogen-bond donors (Lipinski definition) is 0. The average molecular weight is 265 g/mol. The van der Waals surface area contributed by atoms with E-state index >= 15 is 0 Å². The van der Waals surface area contributed by atoms with Gasteiger partial charge in [0.2, 0.25) is 0 Å². The van der Waals surface area contributed by atoms with Crippen molar-refractivity contribution in [2.45, 2.75) is 13.0 Å². The van der Waals surface area contributed by atoms with Gasteiger partial charge in [0, 0.05) is 40.5 Å². The van der Waals surface area contributed by atoms with E-state index in [0.29, 0.717) is 12.4 Å². The zero-order valence-corrected chi connectivity index (χ0v) is 11.5. The number of anilines is 1. The number of ether oxygens (including phenoxy) is 2. The molecule has 0 saturated carbocycles. The molecule has 0 aliphatic rings. The van der Waals surface area contributed by atoms with E-state index in [9.17, 15) is 0 Å². The van der Waals surface area contributed by atoms with Crippen LogP contribution < -0.4 is 4.90 Å². The molecule has 0 bridgehead atoms. The Balaban J connectivity index is 2.26. The van der Waals surface area contributed by atoms with Crippen LogP contribution in [0.3, 0.4) is 0 Å². The molecule has 0 atom stereocenters. The summed E-state index contributed by atoms with van der Waals surface area (Å²) in [5, 5.41) is 4.20. The molecule has 0 fully saturated rings. The highest BCUT2D eigenvalue weighted by Gasteiger charge is 2.11. The van der Waals surface area contributed by atoms with Crippen LogP contribution in [0, 0.1) is 0 Å². The van der Waals surface area contributed by atoms with Gasteiger partial charge in [-0.1, -0.05) is 0 Å². The third kappa shape index (κ3) is 3.18. The average Bonchev–Trinajstić information content (AvgIpc) is 2.86. The molecule has 0 spiro atoms. The summed E-state index contributed by atoms with van der Waals surface area (Å²) >= 11 is 0. The Labute approximate surface area is 112 Å². The van der Waals surface area contributed by atoms with Gasteiger partial charge < -0.3 is 14.4 Å². The predicted octanol–water partition coefficient (Wildman–Crippen LogP) is 0.743. The lowest BCUT2D eigenvalue weighted by molar-refractivity contribution is 0.181. The number of fused-ring (bicyclic) bond motifs is 1. The Bertz CT molecular complexity index is 528. The van der Waals surface area contributed by atoms with Crippen LogP contribution in [0.4, 0.5) is 5.82 Å².